The Balaban J connectivity index is 1.60. The Labute approximate surface area is 300 Å². The van der Waals surface area contributed by atoms with Gasteiger partial charge in [-0.1, -0.05) is 112 Å². The van der Waals surface area contributed by atoms with Crippen LogP contribution in [-0.4, -0.2) is 26.0 Å². The monoisotopic (exact) mass is 668 g/mol. The van der Waals surface area contributed by atoms with Crippen molar-refractivity contribution >= 4 is 11.9 Å². The molecule has 5 rings (SSSR count). The van der Waals surface area contributed by atoms with Crippen molar-refractivity contribution in [3.63, 3.8) is 0 Å². The minimum absolute atomic E-state index is 0.0315. The summed E-state index contributed by atoms with van der Waals surface area (Å²) in [4.78, 5) is 14.3. The maximum Gasteiger partial charge on any atom is 0.232 e. The van der Waals surface area contributed by atoms with Gasteiger partial charge in [-0.2, -0.15) is 15.0 Å². The fourth-order valence-corrected chi connectivity index (χ4v) is 7.52. The number of aromatic nitrogens is 3. The highest BCUT2D eigenvalue weighted by Crippen LogP contribution is 2.58. The van der Waals surface area contributed by atoms with Gasteiger partial charge in [-0.15, -0.1) is 0 Å². The average Bonchev–Trinajstić information content (AvgIpc) is 3.35. The fraction of sp³-hybridized carbons (Fsp3) is 0.386. The number of hydrogen-bond acceptors (Lipinski definition) is 6. The zero-order valence-corrected chi connectivity index (χ0v) is 31.8. The Kier molecular flexibility index (Phi) is 10.5. The number of fused-ring (bicyclic) bond motifs is 3. The van der Waals surface area contributed by atoms with Crippen molar-refractivity contribution in [2.75, 3.05) is 10.6 Å². The molecule has 1 heterocycles. The van der Waals surface area contributed by atoms with Crippen LogP contribution in [0.25, 0.3) is 11.1 Å². The normalized spacial score (nSPS) is 19.6. The van der Waals surface area contributed by atoms with Gasteiger partial charge in [-0.05, 0) is 108 Å². The zero-order chi connectivity index (χ0) is 36.3. The molecule has 2 aromatic carbocycles. The van der Waals surface area contributed by atoms with Gasteiger partial charge in [0.2, 0.25) is 11.9 Å². The highest BCUT2D eigenvalue weighted by Gasteiger charge is 2.48. The van der Waals surface area contributed by atoms with E-state index in [9.17, 15) is 0 Å². The van der Waals surface area contributed by atoms with Crippen molar-refractivity contribution in [1.82, 2.24) is 20.3 Å². The van der Waals surface area contributed by atoms with Gasteiger partial charge in [0.15, 0.2) is 0 Å². The van der Waals surface area contributed by atoms with Gasteiger partial charge in [0, 0.05) is 27.9 Å². The lowest BCUT2D eigenvalue weighted by molar-refractivity contribution is 0.239. The summed E-state index contributed by atoms with van der Waals surface area (Å²) in [6.07, 6.45) is 17.9. The maximum atomic E-state index is 4.83. The molecule has 1 atom stereocenters. The standard InChI is InChI=1S/C44H56N6/c1-12-19-33(14-3)46-40-48-38(41(5,6)7)47-39(49-40)45-30(4)24-25-31(13-2)44(32-26-28-43(11,29-27-32)50-42(8,9)10)36-22-17-15-20-34(36)35-21-16-18-23-37(35)44/h12-26,50H,2,27-29H2,1,3-11H3,(H2,45,46,47,48,49)/b19-12-,30-24+,31-25+,33-14+. The third-order valence-electron chi connectivity index (χ3n) is 9.55. The molecule has 0 saturated carbocycles. The number of rotatable bonds is 10. The summed E-state index contributed by atoms with van der Waals surface area (Å²) in [5, 5.41) is 10.7. The molecule has 0 bridgehead atoms. The van der Waals surface area contributed by atoms with E-state index < -0.39 is 5.41 Å². The molecule has 6 nitrogen and oxygen atoms in total. The second-order valence-electron chi connectivity index (χ2n) is 15.9. The van der Waals surface area contributed by atoms with Crippen LogP contribution < -0.4 is 16.0 Å². The number of hydrogen-bond donors (Lipinski definition) is 3. The van der Waals surface area contributed by atoms with Crippen LogP contribution in [0.4, 0.5) is 11.9 Å². The van der Waals surface area contributed by atoms with Gasteiger partial charge in [0.1, 0.15) is 5.82 Å². The lowest BCUT2D eigenvalue weighted by Crippen LogP contribution is -2.53. The molecule has 2 aliphatic rings. The Morgan fingerprint density at radius 2 is 1.44 bits per heavy atom. The summed E-state index contributed by atoms with van der Waals surface area (Å²) < 4.78 is 0. The minimum atomic E-state index is -0.450. The molecule has 0 spiro atoms. The lowest BCUT2D eigenvalue weighted by atomic mass is 9.62. The van der Waals surface area contributed by atoms with Crippen molar-refractivity contribution in [2.24, 2.45) is 0 Å². The molecule has 50 heavy (non-hydrogen) atoms. The molecule has 0 aliphatic heterocycles. The number of anilines is 2. The van der Waals surface area contributed by atoms with E-state index in [2.05, 4.69) is 145 Å². The highest BCUT2D eigenvalue weighted by molar-refractivity contribution is 5.86. The van der Waals surface area contributed by atoms with E-state index >= 15 is 0 Å². The van der Waals surface area contributed by atoms with Crippen molar-refractivity contribution in [3.05, 3.63) is 137 Å². The van der Waals surface area contributed by atoms with Crippen LogP contribution in [0.1, 0.15) is 105 Å². The first-order valence-corrected chi connectivity index (χ1v) is 17.9. The molecule has 0 saturated heterocycles. The van der Waals surface area contributed by atoms with E-state index in [0.717, 1.165) is 36.2 Å². The molecular weight excluding hydrogens is 613 g/mol. The third kappa shape index (κ3) is 7.61. The Bertz CT molecular complexity index is 1850. The fourth-order valence-electron chi connectivity index (χ4n) is 7.52. The van der Waals surface area contributed by atoms with Crippen LogP contribution in [0.3, 0.4) is 0 Å². The SMILES string of the molecule is C=C/C(=C\C=C(/C)Nc1nc(NC(/C=C\C)=C/C)nc(C(C)(C)C)n1)C1(C2=CCC(C)(NC(C)(C)C)CC2)c2ccccc2-c2ccccc21. The van der Waals surface area contributed by atoms with Crippen LogP contribution in [0.5, 0.6) is 0 Å². The smallest absolute Gasteiger partial charge is 0.232 e. The number of nitrogens with one attached hydrogen (secondary N) is 3. The molecule has 0 fully saturated rings. The number of nitrogens with zero attached hydrogens (tertiary/aromatic N) is 3. The van der Waals surface area contributed by atoms with Crippen molar-refractivity contribution in [3.8, 4) is 11.1 Å². The second-order valence-corrected chi connectivity index (χ2v) is 15.9. The molecule has 2 aliphatic carbocycles. The molecule has 0 amide bonds. The predicted molar refractivity (Wildman–Crippen MR) is 212 cm³/mol. The van der Waals surface area contributed by atoms with Crippen LogP contribution in [0.15, 0.2) is 120 Å². The van der Waals surface area contributed by atoms with Gasteiger partial charge in [0.25, 0.3) is 0 Å². The first-order chi connectivity index (χ1) is 23.6. The highest BCUT2D eigenvalue weighted by atomic mass is 15.2. The first kappa shape index (κ1) is 36.7. The van der Waals surface area contributed by atoms with E-state index in [-0.39, 0.29) is 16.5 Å². The van der Waals surface area contributed by atoms with Crippen LogP contribution in [0, 0.1) is 0 Å². The van der Waals surface area contributed by atoms with Crippen LogP contribution >= 0.6 is 0 Å². The van der Waals surface area contributed by atoms with Gasteiger partial charge >= 0.3 is 0 Å². The molecule has 262 valence electrons. The first-order valence-electron chi connectivity index (χ1n) is 17.9. The summed E-state index contributed by atoms with van der Waals surface area (Å²) in [7, 11) is 0. The quantitative estimate of drug-likeness (QED) is 0.147. The molecule has 3 N–H and O–H groups in total. The topological polar surface area (TPSA) is 74.8 Å². The van der Waals surface area contributed by atoms with E-state index in [4.69, 9.17) is 15.0 Å². The van der Waals surface area contributed by atoms with Crippen LogP contribution in [0.2, 0.25) is 0 Å². The van der Waals surface area contributed by atoms with Crippen molar-refractivity contribution < 1.29 is 0 Å². The molecule has 1 unspecified atom stereocenters. The van der Waals surface area contributed by atoms with Crippen molar-refractivity contribution in [2.45, 2.75) is 110 Å². The lowest BCUT2D eigenvalue weighted by Gasteiger charge is -2.44. The minimum Gasteiger partial charge on any atom is -0.328 e. The molecular formula is C44H56N6. The summed E-state index contributed by atoms with van der Waals surface area (Å²) in [5.41, 5.74) is 8.97. The van der Waals surface area contributed by atoms with Gasteiger partial charge < -0.3 is 16.0 Å². The Hall–Kier alpha value is -4.55. The summed E-state index contributed by atoms with van der Waals surface area (Å²) in [6, 6.07) is 17.8. The van der Waals surface area contributed by atoms with Gasteiger partial charge in [0.05, 0.1) is 5.41 Å². The molecule has 0 radical (unpaired) electrons. The second kappa shape index (κ2) is 14.4. The van der Waals surface area contributed by atoms with Gasteiger partial charge in [-0.25, -0.2) is 0 Å². The average molecular weight is 669 g/mol. The van der Waals surface area contributed by atoms with E-state index in [0.29, 0.717) is 17.7 Å². The molecule has 6 heteroatoms. The summed E-state index contributed by atoms with van der Waals surface area (Å²) in [5.74, 6) is 1.71. The molecule has 3 aromatic rings. The maximum absolute atomic E-state index is 4.83. The number of allylic oxidation sites excluding steroid dienone is 9. The molecule has 1 aromatic heterocycles. The summed E-state index contributed by atoms with van der Waals surface area (Å²) in [6.45, 7) is 25.9. The predicted octanol–water partition coefficient (Wildman–Crippen LogP) is 10.7. The van der Waals surface area contributed by atoms with E-state index in [1.807, 2.05) is 38.2 Å². The Morgan fingerprint density at radius 1 is 0.840 bits per heavy atom. The van der Waals surface area contributed by atoms with Gasteiger partial charge in [-0.3, -0.25) is 0 Å². The van der Waals surface area contributed by atoms with E-state index in [1.165, 1.54) is 27.8 Å². The van der Waals surface area contributed by atoms with Crippen molar-refractivity contribution in [1.29, 1.82) is 0 Å². The largest absolute Gasteiger partial charge is 0.328 e. The number of benzene rings is 2. The zero-order valence-electron chi connectivity index (χ0n) is 31.8. The Morgan fingerprint density at radius 3 is 1.94 bits per heavy atom. The third-order valence-corrected chi connectivity index (χ3v) is 9.55. The van der Waals surface area contributed by atoms with Crippen LogP contribution in [-0.2, 0) is 10.8 Å². The summed E-state index contributed by atoms with van der Waals surface area (Å²) >= 11 is 0. The van der Waals surface area contributed by atoms with E-state index in [1.54, 1.807) is 0 Å².